The molecule has 16 heavy (non-hydrogen) atoms. The van der Waals surface area contributed by atoms with Crippen LogP contribution in [0.3, 0.4) is 0 Å². The second-order valence-corrected chi connectivity index (χ2v) is 3.66. The summed E-state index contributed by atoms with van der Waals surface area (Å²) in [6.07, 6.45) is 5.00. The quantitative estimate of drug-likeness (QED) is 0.751. The van der Waals surface area contributed by atoms with Crippen LogP contribution in [0.4, 0.5) is 0 Å². The van der Waals surface area contributed by atoms with Crippen LogP contribution in [0.5, 0.6) is 0 Å². The lowest BCUT2D eigenvalue weighted by molar-refractivity contribution is -0.124. The van der Waals surface area contributed by atoms with E-state index < -0.39 is 5.97 Å². The molecule has 0 atom stereocenters. The zero-order chi connectivity index (χ0) is 11.4. The summed E-state index contributed by atoms with van der Waals surface area (Å²) in [5.74, 6) is -0.779. The predicted octanol–water partition coefficient (Wildman–Crippen LogP) is 0.517. The topological polar surface area (TPSA) is 68.3 Å². The first-order valence-corrected chi connectivity index (χ1v) is 5.12. The van der Waals surface area contributed by atoms with Crippen LogP contribution in [0.2, 0.25) is 0 Å². The summed E-state index contributed by atoms with van der Waals surface area (Å²) in [6, 6.07) is 3.51. The van der Waals surface area contributed by atoms with Crippen molar-refractivity contribution in [3.05, 3.63) is 30.1 Å². The first-order valence-electron chi connectivity index (χ1n) is 5.12. The maximum Gasteiger partial charge on any atom is 0.340 e. The summed E-state index contributed by atoms with van der Waals surface area (Å²) in [5, 5.41) is 2.73. The number of aromatic nitrogens is 1. The minimum atomic E-state index is -0.529. The third-order valence-electron chi connectivity index (χ3n) is 2.17. The SMILES string of the molecule is O=C(COC(=O)c1cccnc1)NC1CC1. The Labute approximate surface area is 92.8 Å². The Bertz CT molecular complexity index is 387. The van der Waals surface area contributed by atoms with Crippen molar-refractivity contribution < 1.29 is 14.3 Å². The number of pyridine rings is 1. The normalized spacial score (nSPS) is 14.2. The fourth-order valence-corrected chi connectivity index (χ4v) is 1.19. The summed E-state index contributed by atoms with van der Waals surface area (Å²) in [4.78, 5) is 26.4. The number of hydrogen-bond acceptors (Lipinski definition) is 4. The number of hydrogen-bond donors (Lipinski definition) is 1. The average Bonchev–Trinajstić information content (AvgIpc) is 3.11. The van der Waals surface area contributed by atoms with E-state index in [4.69, 9.17) is 4.74 Å². The van der Waals surface area contributed by atoms with Crippen LogP contribution >= 0.6 is 0 Å². The van der Waals surface area contributed by atoms with Crippen LogP contribution < -0.4 is 5.32 Å². The Morgan fingerprint density at radius 1 is 1.50 bits per heavy atom. The fraction of sp³-hybridized carbons (Fsp3) is 0.364. The Kier molecular flexibility index (Phi) is 3.14. The van der Waals surface area contributed by atoms with E-state index in [2.05, 4.69) is 10.3 Å². The molecule has 1 aromatic rings. The molecule has 5 nitrogen and oxygen atoms in total. The van der Waals surface area contributed by atoms with E-state index in [1.54, 1.807) is 18.3 Å². The van der Waals surface area contributed by atoms with Gasteiger partial charge >= 0.3 is 5.97 Å². The van der Waals surface area contributed by atoms with Gasteiger partial charge in [-0.1, -0.05) is 0 Å². The molecule has 1 aliphatic carbocycles. The van der Waals surface area contributed by atoms with E-state index in [0.717, 1.165) is 12.8 Å². The summed E-state index contributed by atoms with van der Waals surface area (Å²) in [5.41, 5.74) is 0.349. The lowest BCUT2D eigenvalue weighted by Crippen LogP contribution is -2.30. The van der Waals surface area contributed by atoms with Crippen LogP contribution in [0, 0.1) is 0 Å². The van der Waals surface area contributed by atoms with Gasteiger partial charge in [0.15, 0.2) is 6.61 Å². The van der Waals surface area contributed by atoms with Crippen molar-refractivity contribution in [1.82, 2.24) is 10.3 Å². The van der Waals surface area contributed by atoms with Gasteiger partial charge in [-0.2, -0.15) is 0 Å². The number of nitrogens with one attached hydrogen (secondary N) is 1. The van der Waals surface area contributed by atoms with Gasteiger partial charge in [0.25, 0.3) is 5.91 Å². The summed E-state index contributed by atoms with van der Waals surface area (Å²) in [7, 11) is 0. The van der Waals surface area contributed by atoms with E-state index in [0.29, 0.717) is 5.56 Å². The maximum absolute atomic E-state index is 11.4. The van der Waals surface area contributed by atoms with Gasteiger partial charge in [0.1, 0.15) is 0 Å². The van der Waals surface area contributed by atoms with E-state index in [-0.39, 0.29) is 18.6 Å². The Morgan fingerprint density at radius 2 is 2.31 bits per heavy atom. The standard InChI is InChI=1S/C11H12N2O3/c14-10(13-9-3-4-9)7-16-11(15)8-2-1-5-12-6-8/h1-2,5-6,9H,3-4,7H2,(H,13,14). The third-order valence-corrected chi connectivity index (χ3v) is 2.17. The minimum absolute atomic E-state index is 0.232. The molecule has 1 saturated carbocycles. The zero-order valence-electron chi connectivity index (χ0n) is 8.68. The minimum Gasteiger partial charge on any atom is -0.452 e. The van der Waals surface area contributed by atoms with Gasteiger partial charge in [0, 0.05) is 18.4 Å². The van der Waals surface area contributed by atoms with E-state index in [1.165, 1.54) is 6.20 Å². The van der Waals surface area contributed by atoms with Crippen LogP contribution in [0.15, 0.2) is 24.5 Å². The Balaban J connectivity index is 1.77. The van der Waals surface area contributed by atoms with Gasteiger partial charge in [-0.3, -0.25) is 9.78 Å². The predicted molar refractivity (Wildman–Crippen MR) is 55.7 cm³/mol. The molecule has 1 amide bonds. The van der Waals surface area contributed by atoms with Gasteiger partial charge in [-0.15, -0.1) is 0 Å². The molecule has 0 radical (unpaired) electrons. The maximum atomic E-state index is 11.4. The van der Waals surface area contributed by atoms with Crippen LogP contribution in [0.1, 0.15) is 23.2 Å². The monoisotopic (exact) mass is 220 g/mol. The van der Waals surface area contributed by atoms with Crippen molar-refractivity contribution in [2.45, 2.75) is 18.9 Å². The highest BCUT2D eigenvalue weighted by Crippen LogP contribution is 2.18. The molecule has 84 valence electrons. The molecule has 0 saturated heterocycles. The second kappa shape index (κ2) is 4.74. The average molecular weight is 220 g/mol. The summed E-state index contributed by atoms with van der Waals surface area (Å²) >= 11 is 0. The van der Waals surface area contributed by atoms with Crippen molar-refractivity contribution in [2.75, 3.05) is 6.61 Å². The molecular weight excluding hydrogens is 208 g/mol. The number of carbonyl (C=O) groups excluding carboxylic acids is 2. The molecule has 1 aromatic heterocycles. The third kappa shape index (κ3) is 3.05. The highest BCUT2D eigenvalue weighted by atomic mass is 16.5. The van der Waals surface area contributed by atoms with Crippen LogP contribution in [-0.2, 0) is 9.53 Å². The van der Waals surface area contributed by atoms with Crippen LogP contribution in [0.25, 0.3) is 0 Å². The lowest BCUT2D eigenvalue weighted by atomic mass is 10.3. The molecule has 0 spiro atoms. The van der Waals surface area contributed by atoms with Gasteiger partial charge in [0.2, 0.25) is 0 Å². The molecule has 0 bridgehead atoms. The molecule has 5 heteroatoms. The first kappa shape index (κ1) is 10.6. The summed E-state index contributed by atoms with van der Waals surface area (Å²) < 4.78 is 4.83. The van der Waals surface area contributed by atoms with Gasteiger partial charge < -0.3 is 10.1 Å². The highest BCUT2D eigenvalue weighted by Gasteiger charge is 2.23. The molecule has 2 rings (SSSR count). The number of ether oxygens (including phenoxy) is 1. The van der Waals surface area contributed by atoms with Crippen molar-refractivity contribution in [2.24, 2.45) is 0 Å². The highest BCUT2D eigenvalue weighted by molar-refractivity contribution is 5.90. The molecule has 0 unspecified atom stereocenters. The largest absolute Gasteiger partial charge is 0.452 e. The van der Waals surface area contributed by atoms with Gasteiger partial charge in [-0.25, -0.2) is 4.79 Å². The van der Waals surface area contributed by atoms with Crippen LogP contribution in [-0.4, -0.2) is 29.5 Å². The molecule has 1 N–H and O–H groups in total. The Hall–Kier alpha value is -1.91. The molecule has 0 aromatic carbocycles. The molecule has 0 aliphatic heterocycles. The summed E-state index contributed by atoms with van der Waals surface area (Å²) in [6.45, 7) is -0.232. The zero-order valence-corrected chi connectivity index (χ0v) is 8.68. The lowest BCUT2D eigenvalue weighted by Gasteiger charge is -2.04. The van der Waals surface area contributed by atoms with Gasteiger partial charge in [-0.05, 0) is 25.0 Å². The number of esters is 1. The van der Waals surface area contributed by atoms with E-state index >= 15 is 0 Å². The van der Waals surface area contributed by atoms with Crippen molar-refractivity contribution in [3.63, 3.8) is 0 Å². The number of nitrogens with zero attached hydrogens (tertiary/aromatic N) is 1. The van der Waals surface area contributed by atoms with Crippen molar-refractivity contribution in [3.8, 4) is 0 Å². The number of carbonyl (C=O) groups is 2. The molecule has 1 fully saturated rings. The smallest absolute Gasteiger partial charge is 0.340 e. The Morgan fingerprint density at radius 3 is 2.94 bits per heavy atom. The fourth-order valence-electron chi connectivity index (χ4n) is 1.19. The van der Waals surface area contributed by atoms with Crippen molar-refractivity contribution in [1.29, 1.82) is 0 Å². The van der Waals surface area contributed by atoms with Gasteiger partial charge in [0.05, 0.1) is 5.56 Å². The number of amides is 1. The molecular formula is C11H12N2O3. The van der Waals surface area contributed by atoms with Crippen molar-refractivity contribution >= 4 is 11.9 Å². The van der Waals surface area contributed by atoms with E-state index in [9.17, 15) is 9.59 Å². The number of rotatable bonds is 4. The molecule has 1 aliphatic rings. The second-order valence-electron chi connectivity index (χ2n) is 3.66. The van der Waals surface area contributed by atoms with E-state index in [1.807, 2.05) is 0 Å². The molecule has 1 heterocycles. The first-order chi connectivity index (χ1) is 7.75.